The maximum Gasteiger partial charge on any atom is 0.303 e. The molecule has 1 N–H and O–H groups in total. The van der Waals surface area contributed by atoms with Gasteiger partial charge in [0.25, 0.3) is 0 Å². The van der Waals surface area contributed by atoms with Crippen LogP contribution in [0.2, 0.25) is 0 Å². The van der Waals surface area contributed by atoms with Gasteiger partial charge in [0.15, 0.2) is 0 Å². The Labute approximate surface area is 140 Å². The number of carboxylic acids is 1. The van der Waals surface area contributed by atoms with Crippen molar-refractivity contribution < 1.29 is 14.6 Å². The molecule has 1 aliphatic rings. The summed E-state index contributed by atoms with van der Waals surface area (Å²) in [5.74, 6) is 3.45. The smallest absolute Gasteiger partial charge is 0.303 e. The monoisotopic (exact) mass is 330 g/mol. The zero-order valence-corrected chi connectivity index (χ0v) is 15.0. The van der Waals surface area contributed by atoms with Crippen LogP contribution < -0.4 is 0 Å². The van der Waals surface area contributed by atoms with Crippen LogP contribution in [0.15, 0.2) is 0 Å². The first-order valence-electron chi connectivity index (χ1n) is 9.11. The molecule has 0 spiro atoms. The molecule has 0 aromatic carbocycles. The molecule has 0 unspecified atom stereocenters. The lowest BCUT2D eigenvalue weighted by atomic mass is 9.91. The number of carboxylic acid groups (broad SMARTS) is 1. The lowest BCUT2D eigenvalue weighted by Crippen LogP contribution is -2.19. The molecule has 0 aromatic rings. The van der Waals surface area contributed by atoms with Crippen molar-refractivity contribution in [1.29, 1.82) is 0 Å². The van der Waals surface area contributed by atoms with E-state index in [4.69, 9.17) is 9.84 Å². The Kier molecular flexibility index (Phi) is 11.9. The molecule has 1 rings (SSSR count). The summed E-state index contributed by atoms with van der Waals surface area (Å²) in [6.45, 7) is 4.12. The Morgan fingerprint density at radius 2 is 1.77 bits per heavy atom. The average molecular weight is 331 g/mol. The summed E-state index contributed by atoms with van der Waals surface area (Å²) in [5, 5.41) is 8.61. The topological polar surface area (TPSA) is 46.5 Å². The van der Waals surface area contributed by atoms with Gasteiger partial charge in [-0.25, -0.2) is 0 Å². The zero-order chi connectivity index (χ0) is 16.0. The minimum absolute atomic E-state index is 0.327. The number of ether oxygens (including phenoxy) is 1. The molecule has 0 radical (unpaired) electrons. The van der Waals surface area contributed by atoms with Crippen molar-refractivity contribution in [1.82, 2.24) is 0 Å². The number of aliphatic carboxylic acids is 1. The SMILES string of the molecule is CCCCCCOC[C@@H]1CSC[C@@H]1CCCCCCC(=O)O. The van der Waals surface area contributed by atoms with Gasteiger partial charge in [-0.05, 0) is 42.6 Å². The largest absolute Gasteiger partial charge is 0.481 e. The molecule has 130 valence electrons. The van der Waals surface area contributed by atoms with E-state index >= 15 is 0 Å². The van der Waals surface area contributed by atoms with E-state index in [1.807, 2.05) is 0 Å². The molecule has 3 nitrogen and oxygen atoms in total. The van der Waals surface area contributed by atoms with Crippen LogP contribution in [0.1, 0.15) is 71.1 Å². The van der Waals surface area contributed by atoms with E-state index in [9.17, 15) is 4.79 Å². The van der Waals surface area contributed by atoms with Crippen LogP contribution in [0.3, 0.4) is 0 Å². The minimum Gasteiger partial charge on any atom is -0.481 e. The molecule has 0 aliphatic carbocycles. The first-order chi connectivity index (χ1) is 10.7. The quantitative estimate of drug-likeness (QED) is 0.456. The highest BCUT2D eigenvalue weighted by atomic mass is 32.2. The molecule has 2 atom stereocenters. The van der Waals surface area contributed by atoms with Crippen LogP contribution in [0, 0.1) is 11.8 Å². The summed E-state index contributed by atoms with van der Waals surface area (Å²) in [4.78, 5) is 10.5. The van der Waals surface area contributed by atoms with Gasteiger partial charge in [-0.15, -0.1) is 0 Å². The number of hydrogen-bond acceptors (Lipinski definition) is 3. The summed E-state index contributed by atoms with van der Waals surface area (Å²) in [6.07, 6.45) is 11.1. The highest BCUT2D eigenvalue weighted by molar-refractivity contribution is 7.99. The second-order valence-corrected chi connectivity index (χ2v) is 7.61. The molecule has 1 aliphatic heterocycles. The zero-order valence-electron chi connectivity index (χ0n) is 14.2. The third-order valence-electron chi connectivity index (χ3n) is 4.52. The van der Waals surface area contributed by atoms with E-state index in [0.29, 0.717) is 6.42 Å². The van der Waals surface area contributed by atoms with Crippen LogP contribution in [0.25, 0.3) is 0 Å². The van der Waals surface area contributed by atoms with Gasteiger partial charge in [0.1, 0.15) is 0 Å². The van der Waals surface area contributed by atoms with Gasteiger partial charge in [0.2, 0.25) is 0 Å². The molecule has 0 aromatic heterocycles. The predicted octanol–water partition coefficient (Wildman–Crippen LogP) is 4.99. The summed E-state index contributed by atoms with van der Waals surface area (Å²) in [5.41, 5.74) is 0. The van der Waals surface area contributed by atoms with E-state index < -0.39 is 5.97 Å². The fourth-order valence-electron chi connectivity index (χ4n) is 3.05. The molecule has 22 heavy (non-hydrogen) atoms. The molecule has 1 heterocycles. The van der Waals surface area contributed by atoms with Crippen molar-refractivity contribution in [2.45, 2.75) is 71.1 Å². The molecular formula is C18H34O3S. The van der Waals surface area contributed by atoms with Crippen molar-refractivity contribution >= 4 is 17.7 Å². The Bertz CT molecular complexity index is 284. The Morgan fingerprint density at radius 3 is 2.55 bits per heavy atom. The predicted molar refractivity (Wildman–Crippen MR) is 94.6 cm³/mol. The van der Waals surface area contributed by atoms with Crippen LogP contribution in [0.5, 0.6) is 0 Å². The van der Waals surface area contributed by atoms with E-state index in [-0.39, 0.29) is 0 Å². The van der Waals surface area contributed by atoms with Crippen molar-refractivity contribution in [2.24, 2.45) is 11.8 Å². The fourth-order valence-corrected chi connectivity index (χ4v) is 4.60. The van der Waals surface area contributed by atoms with Crippen LogP contribution in [-0.2, 0) is 9.53 Å². The minimum atomic E-state index is -0.664. The van der Waals surface area contributed by atoms with Gasteiger partial charge in [-0.3, -0.25) is 4.79 Å². The van der Waals surface area contributed by atoms with E-state index in [2.05, 4.69) is 18.7 Å². The third-order valence-corrected chi connectivity index (χ3v) is 5.85. The van der Waals surface area contributed by atoms with Gasteiger partial charge in [-0.1, -0.05) is 45.4 Å². The van der Waals surface area contributed by atoms with Gasteiger partial charge >= 0.3 is 5.97 Å². The summed E-state index contributed by atoms with van der Waals surface area (Å²) < 4.78 is 5.89. The maximum atomic E-state index is 10.5. The second kappa shape index (κ2) is 13.2. The highest BCUT2D eigenvalue weighted by Crippen LogP contribution is 2.33. The van der Waals surface area contributed by atoms with Gasteiger partial charge in [0, 0.05) is 13.0 Å². The Morgan fingerprint density at radius 1 is 1.05 bits per heavy atom. The first-order valence-corrected chi connectivity index (χ1v) is 10.3. The van der Waals surface area contributed by atoms with E-state index in [1.165, 1.54) is 56.5 Å². The molecule has 4 heteroatoms. The molecule has 0 bridgehead atoms. The van der Waals surface area contributed by atoms with E-state index in [1.54, 1.807) is 0 Å². The Balaban J connectivity index is 1.99. The van der Waals surface area contributed by atoms with Crippen molar-refractivity contribution in [3.8, 4) is 0 Å². The fraction of sp³-hybridized carbons (Fsp3) is 0.944. The summed E-state index contributed by atoms with van der Waals surface area (Å²) >= 11 is 2.08. The van der Waals surface area contributed by atoms with Crippen molar-refractivity contribution in [3.05, 3.63) is 0 Å². The Hall–Kier alpha value is -0.220. The molecule has 1 saturated heterocycles. The van der Waals surface area contributed by atoms with Crippen LogP contribution in [0.4, 0.5) is 0 Å². The maximum absolute atomic E-state index is 10.5. The first kappa shape index (κ1) is 19.8. The second-order valence-electron chi connectivity index (χ2n) is 6.54. The lowest BCUT2D eigenvalue weighted by Gasteiger charge is -2.18. The molecule has 0 amide bonds. The summed E-state index contributed by atoms with van der Waals surface area (Å²) in [7, 11) is 0. The average Bonchev–Trinajstić information content (AvgIpc) is 2.93. The molecule has 1 fully saturated rings. The number of hydrogen-bond donors (Lipinski definition) is 1. The third kappa shape index (κ3) is 9.73. The van der Waals surface area contributed by atoms with E-state index in [0.717, 1.165) is 37.9 Å². The van der Waals surface area contributed by atoms with Crippen LogP contribution in [-0.4, -0.2) is 35.8 Å². The van der Waals surface area contributed by atoms with Crippen molar-refractivity contribution in [3.63, 3.8) is 0 Å². The normalized spacial score (nSPS) is 21.3. The number of thioether (sulfide) groups is 1. The van der Waals surface area contributed by atoms with Gasteiger partial charge < -0.3 is 9.84 Å². The number of unbranched alkanes of at least 4 members (excludes halogenated alkanes) is 6. The summed E-state index contributed by atoms with van der Waals surface area (Å²) in [6, 6.07) is 0. The highest BCUT2D eigenvalue weighted by Gasteiger charge is 2.27. The lowest BCUT2D eigenvalue weighted by molar-refractivity contribution is -0.137. The number of carbonyl (C=O) groups is 1. The molecular weight excluding hydrogens is 296 g/mol. The molecule has 0 saturated carbocycles. The van der Waals surface area contributed by atoms with Crippen LogP contribution >= 0.6 is 11.8 Å². The number of rotatable bonds is 14. The van der Waals surface area contributed by atoms with Crippen molar-refractivity contribution in [2.75, 3.05) is 24.7 Å². The van der Waals surface area contributed by atoms with Gasteiger partial charge in [0.05, 0.1) is 6.61 Å². The van der Waals surface area contributed by atoms with Gasteiger partial charge in [-0.2, -0.15) is 11.8 Å². The standard InChI is InChI=1S/C18H34O3S/c1-2-3-4-9-12-21-13-17-15-22-14-16(17)10-7-5-6-8-11-18(19)20/h16-17H,2-15H2,1H3,(H,19,20)/t16-,17+/m0/s1.